The number of hydrogen-bond acceptors (Lipinski definition) is 7. The summed E-state index contributed by atoms with van der Waals surface area (Å²) in [5.74, 6) is 3.60. The Labute approximate surface area is 293 Å². The average Bonchev–Trinajstić information content (AvgIpc) is 3.91. The van der Waals surface area contributed by atoms with Crippen molar-refractivity contribution in [3.8, 4) is 34.7 Å². The standard InChI is InChI=1S/C42H29N9/c1-4-16-28(17-5-1)37-43-31-22-10-13-25-34(31)49(37)40-46-41(50-35-26-14-11-23-32(35)44-38(50)29-18-6-2-7-19-29)48-42(47-40)51-36-27-15-12-24-33(36)45-39(51)30-20-8-3-9-21-30/h1-27,31,34H. The van der Waals surface area contributed by atoms with Crippen molar-refractivity contribution in [1.82, 2.24) is 34.1 Å². The molecule has 0 saturated carbocycles. The van der Waals surface area contributed by atoms with E-state index in [0.717, 1.165) is 56.2 Å². The van der Waals surface area contributed by atoms with E-state index in [2.05, 4.69) is 77.7 Å². The second kappa shape index (κ2) is 11.9. The van der Waals surface area contributed by atoms with E-state index in [9.17, 15) is 0 Å². The first-order valence-electron chi connectivity index (χ1n) is 16.9. The van der Waals surface area contributed by atoms with Crippen LogP contribution in [0.1, 0.15) is 5.56 Å². The minimum Gasteiger partial charge on any atom is -0.285 e. The van der Waals surface area contributed by atoms with Gasteiger partial charge in [0.25, 0.3) is 0 Å². The number of rotatable bonds is 6. The third kappa shape index (κ3) is 4.86. The molecule has 0 amide bonds. The van der Waals surface area contributed by atoms with E-state index in [1.165, 1.54) is 0 Å². The Morgan fingerprint density at radius 3 is 1.41 bits per heavy atom. The minimum absolute atomic E-state index is 0.100. The Balaban J connectivity index is 1.29. The van der Waals surface area contributed by atoms with Crippen molar-refractivity contribution in [1.29, 1.82) is 0 Å². The Kier molecular flexibility index (Phi) is 6.73. The van der Waals surface area contributed by atoms with Crippen molar-refractivity contribution in [2.45, 2.75) is 12.1 Å². The number of amidine groups is 1. The lowest BCUT2D eigenvalue weighted by Crippen LogP contribution is -2.40. The molecule has 0 spiro atoms. The van der Waals surface area contributed by atoms with Gasteiger partial charge in [-0.15, -0.1) is 0 Å². The summed E-state index contributed by atoms with van der Waals surface area (Å²) in [6, 6.07) is 46.5. The van der Waals surface area contributed by atoms with Crippen molar-refractivity contribution < 1.29 is 0 Å². The molecule has 3 aromatic heterocycles. The van der Waals surface area contributed by atoms with Crippen LogP contribution in [0.3, 0.4) is 0 Å². The van der Waals surface area contributed by atoms with Gasteiger partial charge in [-0.1, -0.05) is 140 Å². The first kappa shape index (κ1) is 29.0. The highest BCUT2D eigenvalue weighted by Gasteiger charge is 2.38. The van der Waals surface area contributed by atoms with Crippen LogP contribution < -0.4 is 4.90 Å². The van der Waals surface area contributed by atoms with E-state index in [-0.39, 0.29) is 12.1 Å². The van der Waals surface area contributed by atoms with Gasteiger partial charge in [-0.2, -0.15) is 15.0 Å². The van der Waals surface area contributed by atoms with E-state index in [4.69, 9.17) is 29.9 Å². The van der Waals surface area contributed by atoms with E-state index >= 15 is 0 Å². The summed E-state index contributed by atoms with van der Waals surface area (Å²) in [5, 5.41) is 0. The molecule has 0 saturated heterocycles. The van der Waals surface area contributed by atoms with Crippen LogP contribution >= 0.6 is 0 Å². The molecule has 2 aliphatic rings. The predicted octanol–water partition coefficient (Wildman–Crippen LogP) is 8.01. The zero-order chi connectivity index (χ0) is 33.7. The highest BCUT2D eigenvalue weighted by atomic mass is 15.4. The predicted molar refractivity (Wildman–Crippen MR) is 201 cm³/mol. The van der Waals surface area contributed by atoms with Crippen LogP contribution in [0, 0.1) is 0 Å². The number of benzene rings is 5. The zero-order valence-corrected chi connectivity index (χ0v) is 27.3. The number of imidazole rings is 2. The quantitative estimate of drug-likeness (QED) is 0.180. The maximum atomic E-state index is 5.31. The first-order chi connectivity index (χ1) is 25.3. The molecule has 9 nitrogen and oxygen atoms in total. The number of fused-ring (bicyclic) bond motifs is 3. The van der Waals surface area contributed by atoms with Gasteiger partial charge in [-0.05, 0) is 24.3 Å². The Hall–Kier alpha value is -7.00. The number of para-hydroxylation sites is 4. The number of anilines is 1. The molecule has 0 bridgehead atoms. The molecule has 0 N–H and O–H groups in total. The third-order valence-corrected chi connectivity index (χ3v) is 9.31. The number of nitrogens with zero attached hydrogens (tertiary/aromatic N) is 9. The van der Waals surface area contributed by atoms with Gasteiger partial charge >= 0.3 is 0 Å². The van der Waals surface area contributed by atoms with Gasteiger partial charge < -0.3 is 0 Å². The lowest BCUT2D eigenvalue weighted by atomic mass is 10.0. The van der Waals surface area contributed by atoms with Crippen molar-refractivity contribution in [3.63, 3.8) is 0 Å². The lowest BCUT2D eigenvalue weighted by Gasteiger charge is -2.27. The smallest absolute Gasteiger partial charge is 0.242 e. The molecule has 0 fully saturated rings. The van der Waals surface area contributed by atoms with Crippen molar-refractivity contribution >= 4 is 33.9 Å². The van der Waals surface area contributed by atoms with E-state index in [0.29, 0.717) is 17.8 Å². The molecule has 4 heterocycles. The molecule has 5 aromatic carbocycles. The number of allylic oxidation sites excluding steroid dienone is 2. The average molecular weight is 660 g/mol. The fraction of sp³-hybridized carbons (Fsp3) is 0.0476. The van der Waals surface area contributed by atoms with Gasteiger partial charge in [0, 0.05) is 16.7 Å². The molecular weight excluding hydrogens is 631 g/mol. The van der Waals surface area contributed by atoms with Gasteiger partial charge in [0.05, 0.1) is 34.2 Å². The van der Waals surface area contributed by atoms with Crippen LogP contribution in [0.25, 0.3) is 56.7 Å². The molecule has 1 aliphatic carbocycles. The molecule has 0 radical (unpaired) electrons. The summed E-state index contributed by atoms with van der Waals surface area (Å²) in [5.41, 5.74) is 6.32. The molecular formula is C42H29N9. The summed E-state index contributed by atoms with van der Waals surface area (Å²) >= 11 is 0. The van der Waals surface area contributed by atoms with Gasteiger partial charge in [0.15, 0.2) is 0 Å². The highest BCUT2D eigenvalue weighted by molar-refractivity contribution is 6.11. The van der Waals surface area contributed by atoms with E-state index in [1.54, 1.807) is 0 Å². The van der Waals surface area contributed by atoms with Gasteiger partial charge in [-0.25, -0.2) is 9.97 Å². The SMILES string of the molecule is C1=CC2N=C(c3ccccc3)N(c3nc(-n4c(-c5ccccc5)nc5ccccc54)nc(-n4c(-c5ccccc5)nc5ccccc54)n3)C2C=C1. The summed E-state index contributed by atoms with van der Waals surface area (Å²) in [6.07, 6.45) is 8.41. The largest absolute Gasteiger partial charge is 0.285 e. The number of aliphatic imine (C=N–C) groups is 1. The van der Waals surface area contributed by atoms with Crippen LogP contribution in [-0.4, -0.2) is 52.0 Å². The van der Waals surface area contributed by atoms with Crippen molar-refractivity contribution in [3.05, 3.63) is 169 Å². The fourth-order valence-corrected chi connectivity index (χ4v) is 6.99. The molecule has 10 rings (SSSR count). The van der Waals surface area contributed by atoms with Crippen molar-refractivity contribution in [2.24, 2.45) is 4.99 Å². The molecule has 9 heteroatoms. The summed E-state index contributed by atoms with van der Waals surface area (Å²) < 4.78 is 4.06. The summed E-state index contributed by atoms with van der Waals surface area (Å²) in [4.78, 5) is 33.5. The van der Waals surface area contributed by atoms with Crippen molar-refractivity contribution in [2.75, 3.05) is 4.90 Å². The number of hydrogen-bond donors (Lipinski definition) is 0. The van der Waals surface area contributed by atoms with Gasteiger partial charge in [-0.3, -0.25) is 19.0 Å². The molecule has 2 atom stereocenters. The second-order valence-electron chi connectivity index (χ2n) is 12.4. The summed E-state index contributed by atoms with van der Waals surface area (Å²) in [6.45, 7) is 0. The third-order valence-electron chi connectivity index (χ3n) is 9.31. The Morgan fingerprint density at radius 1 is 0.412 bits per heavy atom. The van der Waals surface area contributed by atoms with Crippen LogP contribution in [0.2, 0.25) is 0 Å². The highest BCUT2D eigenvalue weighted by Crippen LogP contribution is 2.34. The molecule has 1 aliphatic heterocycles. The zero-order valence-electron chi connectivity index (χ0n) is 27.3. The monoisotopic (exact) mass is 659 g/mol. The minimum atomic E-state index is -0.130. The van der Waals surface area contributed by atoms with Crippen LogP contribution in [-0.2, 0) is 0 Å². The first-order valence-corrected chi connectivity index (χ1v) is 16.9. The summed E-state index contributed by atoms with van der Waals surface area (Å²) in [7, 11) is 0. The fourth-order valence-electron chi connectivity index (χ4n) is 6.99. The van der Waals surface area contributed by atoms with Crippen LogP contribution in [0.4, 0.5) is 5.95 Å². The van der Waals surface area contributed by atoms with E-state index in [1.807, 2.05) is 100 Å². The Bertz CT molecular complexity index is 2520. The van der Waals surface area contributed by atoms with Gasteiger partial charge in [0.2, 0.25) is 17.8 Å². The molecule has 8 aromatic rings. The van der Waals surface area contributed by atoms with Crippen LogP contribution in [0.5, 0.6) is 0 Å². The van der Waals surface area contributed by atoms with Crippen LogP contribution in [0.15, 0.2) is 169 Å². The second-order valence-corrected chi connectivity index (χ2v) is 12.4. The maximum absolute atomic E-state index is 5.31. The molecule has 51 heavy (non-hydrogen) atoms. The topological polar surface area (TPSA) is 89.9 Å². The Morgan fingerprint density at radius 2 is 0.863 bits per heavy atom. The lowest BCUT2D eigenvalue weighted by molar-refractivity contribution is 0.719. The molecule has 2 unspecified atom stereocenters. The maximum Gasteiger partial charge on any atom is 0.242 e. The molecule has 242 valence electrons. The van der Waals surface area contributed by atoms with Gasteiger partial charge in [0.1, 0.15) is 17.5 Å². The van der Waals surface area contributed by atoms with E-state index < -0.39 is 0 Å². The normalized spacial score (nSPS) is 16.5. The number of aromatic nitrogens is 7.